The summed E-state index contributed by atoms with van der Waals surface area (Å²) in [5.41, 5.74) is 2.53. The zero-order chi connectivity index (χ0) is 13.8. The molecule has 2 heteroatoms. The van der Waals surface area contributed by atoms with Gasteiger partial charge < -0.3 is 5.32 Å². The maximum absolute atomic E-state index is 4.49. The van der Waals surface area contributed by atoms with Gasteiger partial charge in [0, 0.05) is 17.6 Å². The Kier molecular flexibility index (Phi) is 4.31. The van der Waals surface area contributed by atoms with Crippen LogP contribution in [0, 0.1) is 5.92 Å². The molecule has 1 aliphatic carbocycles. The molecule has 0 aliphatic heterocycles. The highest BCUT2D eigenvalue weighted by molar-refractivity contribution is 5.82. The van der Waals surface area contributed by atoms with E-state index in [1.807, 2.05) is 12.3 Å². The molecule has 1 aromatic heterocycles. The molecular formula is C18H24N2. The van der Waals surface area contributed by atoms with Gasteiger partial charge >= 0.3 is 0 Å². The summed E-state index contributed by atoms with van der Waals surface area (Å²) in [6.07, 6.45) is 8.80. The Morgan fingerprint density at radius 3 is 2.85 bits per heavy atom. The number of hydrogen-bond acceptors (Lipinski definition) is 2. The first kappa shape index (κ1) is 13.6. The van der Waals surface area contributed by atoms with E-state index in [-0.39, 0.29) is 0 Å². The zero-order valence-corrected chi connectivity index (χ0v) is 12.3. The normalized spacial score (nSPS) is 17.6. The fourth-order valence-corrected chi connectivity index (χ4v) is 3.58. The second-order valence-corrected chi connectivity index (χ2v) is 5.91. The van der Waals surface area contributed by atoms with Gasteiger partial charge in [-0.1, -0.05) is 50.8 Å². The van der Waals surface area contributed by atoms with Crippen LogP contribution in [0.15, 0.2) is 36.5 Å². The molecule has 0 radical (unpaired) electrons. The molecule has 1 aliphatic rings. The first-order chi connectivity index (χ1) is 9.88. The van der Waals surface area contributed by atoms with Crippen molar-refractivity contribution >= 4 is 10.9 Å². The van der Waals surface area contributed by atoms with E-state index in [1.165, 1.54) is 43.1 Å². The highest BCUT2D eigenvalue weighted by Gasteiger charge is 2.21. The van der Waals surface area contributed by atoms with Gasteiger partial charge in [-0.25, -0.2) is 0 Å². The van der Waals surface area contributed by atoms with Gasteiger partial charge in [-0.05, 0) is 36.6 Å². The minimum absolute atomic E-state index is 0.469. The fourth-order valence-electron chi connectivity index (χ4n) is 3.58. The number of rotatable bonds is 5. The van der Waals surface area contributed by atoms with Crippen LogP contribution in [0.25, 0.3) is 10.9 Å². The van der Waals surface area contributed by atoms with E-state index >= 15 is 0 Å². The molecule has 0 bridgehead atoms. The van der Waals surface area contributed by atoms with E-state index < -0.39 is 0 Å². The minimum Gasteiger partial charge on any atom is -0.310 e. The van der Waals surface area contributed by atoms with Gasteiger partial charge in [-0.2, -0.15) is 0 Å². The van der Waals surface area contributed by atoms with Gasteiger partial charge in [0.15, 0.2) is 0 Å². The quantitative estimate of drug-likeness (QED) is 0.865. The van der Waals surface area contributed by atoms with Crippen LogP contribution in [0.5, 0.6) is 0 Å². The second kappa shape index (κ2) is 6.36. The third-order valence-electron chi connectivity index (χ3n) is 4.55. The topological polar surface area (TPSA) is 24.9 Å². The van der Waals surface area contributed by atoms with E-state index in [4.69, 9.17) is 0 Å². The zero-order valence-electron chi connectivity index (χ0n) is 12.3. The molecular weight excluding hydrogens is 244 g/mol. The molecule has 3 rings (SSSR count). The molecule has 0 amide bonds. The van der Waals surface area contributed by atoms with Crippen molar-refractivity contribution in [3.8, 4) is 0 Å². The standard InChI is InChI=1S/C18H24N2/c1-2-19-18(13-14-7-3-4-8-14)16-9-5-11-17-15(16)10-6-12-20-17/h5-6,9-12,14,18-19H,2-4,7-8,13H2,1H3. The maximum atomic E-state index is 4.49. The van der Waals surface area contributed by atoms with Crippen molar-refractivity contribution in [3.63, 3.8) is 0 Å². The number of pyridine rings is 1. The lowest BCUT2D eigenvalue weighted by Gasteiger charge is -2.23. The fraction of sp³-hybridized carbons (Fsp3) is 0.500. The molecule has 0 spiro atoms. The summed E-state index contributed by atoms with van der Waals surface area (Å²) in [7, 11) is 0. The lowest BCUT2D eigenvalue weighted by atomic mass is 9.91. The van der Waals surface area contributed by atoms with E-state index in [1.54, 1.807) is 0 Å². The first-order valence-electron chi connectivity index (χ1n) is 7.95. The third kappa shape index (κ3) is 2.85. The van der Waals surface area contributed by atoms with Gasteiger partial charge in [-0.15, -0.1) is 0 Å². The van der Waals surface area contributed by atoms with Crippen LogP contribution in [0.2, 0.25) is 0 Å². The SMILES string of the molecule is CCNC(CC1CCCC1)c1cccc2ncccc12. The van der Waals surface area contributed by atoms with E-state index in [9.17, 15) is 0 Å². The summed E-state index contributed by atoms with van der Waals surface area (Å²) < 4.78 is 0. The van der Waals surface area contributed by atoms with E-state index in [0.717, 1.165) is 18.0 Å². The van der Waals surface area contributed by atoms with Crippen molar-refractivity contribution in [1.82, 2.24) is 10.3 Å². The van der Waals surface area contributed by atoms with E-state index in [2.05, 4.69) is 41.5 Å². The average Bonchev–Trinajstić information content (AvgIpc) is 2.99. The number of aromatic nitrogens is 1. The van der Waals surface area contributed by atoms with Gasteiger partial charge in [0.2, 0.25) is 0 Å². The van der Waals surface area contributed by atoms with Crippen LogP contribution < -0.4 is 5.32 Å². The highest BCUT2D eigenvalue weighted by Crippen LogP contribution is 2.34. The molecule has 1 unspecified atom stereocenters. The van der Waals surface area contributed by atoms with Crippen molar-refractivity contribution in [2.75, 3.05) is 6.54 Å². The van der Waals surface area contributed by atoms with Crippen LogP contribution >= 0.6 is 0 Å². The number of nitrogens with one attached hydrogen (secondary N) is 1. The Balaban J connectivity index is 1.91. The highest BCUT2D eigenvalue weighted by atomic mass is 14.9. The summed E-state index contributed by atoms with van der Waals surface area (Å²) in [4.78, 5) is 4.49. The Hall–Kier alpha value is -1.41. The third-order valence-corrected chi connectivity index (χ3v) is 4.55. The van der Waals surface area contributed by atoms with Crippen LogP contribution in [-0.4, -0.2) is 11.5 Å². The molecule has 2 nitrogen and oxygen atoms in total. The smallest absolute Gasteiger partial charge is 0.0705 e. The molecule has 1 saturated carbocycles. The summed E-state index contributed by atoms with van der Waals surface area (Å²) in [5, 5.41) is 4.99. The molecule has 1 heterocycles. The molecule has 1 fully saturated rings. The summed E-state index contributed by atoms with van der Waals surface area (Å²) in [6, 6.07) is 11.2. The van der Waals surface area contributed by atoms with Crippen molar-refractivity contribution in [2.24, 2.45) is 5.92 Å². The number of nitrogens with zero attached hydrogens (tertiary/aromatic N) is 1. The van der Waals surface area contributed by atoms with Crippen LogP contribution in [0.4, 0.5) is 0 Å². The molecule has 20 heavy (non-hydrogen) atoms. The monoisotopic (exact) mass is 268 g/mol. The van der Waals surface area contributed by atoms with Crippen molar-refractivity contribution in [1.29, 1.82) is 0 Å². The Labute approximate surface area is 121 Å². The Morgan fingerprint density at radius 1 is 1.20 bits per heavy atom. The second-order valence-electron chi connectivity index (χ2n) is 5.91. The molecule has 1 aromatic carbocycles. The minimum atomic E-state index is 0.469. The Morgan fingerprint density at radius 2 is 2.05 bits per heavy atom. The van der Waals surface area contributed by atoms with Crippen LogP contribution in [-0.2, 0) is 0 Å². The molecule has 2 aromatic rings. The average molecular weight is 268 g/mol. The van der Waals surface area contributed by atoms with Gasteiger partial charge in [0.05, 0.1) is 5.52 Å². The summed E-state index contributed by atoms with van der Waals surface area (Å²) in [6.45, 7) is 3.22. The molecule has 106 valence electrons. The summed E-state index contributed by atoms with van der Waals surface area (Å²) >= 11 is 0. The predicted molar refractivity (Wildman–Crippen MR) is 84.7 cm³/mol. The van der Waals surface area contributed by atoms with Crippen LogP contribution in [0.3, 0.4) is 0 Å². The van der Waals surface area contributed by atoms with Gasteiger partial charge in [0.1, 0.15) is 0 Å². The molecule has 1 atom stereocenters. The maximum Gasteiger partial charge on any atom is 0.0705 e. The molecule has 1 N–H and O–H groups in total. The first-order valence-corrected chi connectivity index (χ1v) is 7.95. The lowest BCUT2D eigenvalue weighted by molar-refractivity contribution is 0.402. The number of hydrogen-bond donors (Lipinski definition) is 1. The van der Waals surface area contributed by atoms with Crippen molar-refractivity contribution < 1.29 is 0 Å². The number of fused-ring (bicyclic) bond motifs is 1. The number of benzene rings is 1. The van der Waals surface area contributed by atoms with Crippen molar-refractivity contribution in [2.45, 2.75) is 45.1 Å². The van der Waals surface area contributed by atoms with E-state index in [0.29, 0.717) is 6.04 Å². The lowest BCUT2D eigenvalue weighted by Crippen LogP contribution is -2.23. The summed E-state index contributed by atoms with van der Waals surface area (Å²) in [5.74, 6) is 0.894. The predicted octanol–water partition coefficient (Wildman–Crippen LogP) is 4.47. The van der Waals surface area contributed by atoms with Gasteiger partial charge in [-0.3, -0.25) is 4.98 Å². The van der Waals surface area contributed by atoms with Gasteiger partial charge in [0.25, 0.3) is 0 Å². The van der Waals surface area contributed by atoms with Crippen molar-refractivity contribution in [3.05, 3.63) is 42.1 Å². The van der Waals surface area contributed by atoms with Crippen LogP contribution in [0.1, 0.15) is 50.6 Å². The Bertz CT molecular complexity index is 553. The molecule has 0 saturated heterocycles. The largest absolute Gasteiger partial charge is 0.310 e.